The Kier molecular flexibility index (Phi) is 6.38. The van der Waals surface area contributed by atoms with Crippen LogP contribution in [0.2, 0.25) is 0 Å². The minimum Gasteiger partial charge on any atom is -0.484 e. The van der Waals surface area contributed by atoms with Crippen LogP contribution < -0.4 is 15.4 Å². The Balaban J connectivity index is 1.58. The number of benzene rings is 2. The first-order chi connectivity index (χ1) is 13.7. The summed E-state index contributed by atoms with van der Waals surface area (Å²) in [7, 11) is 0. The van der Waals surface area contributed by atoms with Crippen LogP contribution in [0.1, 0.15) is 10.4 Å². The van der Waals surface area contributed by atoms with E-state index in [-0.39, 0.29) is 17.4 Å². The Bertz CT molecular complexity index is 1060. The Labute approximate surface area is 175 Å². The van der Waals surface area contributed by atoms with Gasteiger partial charge in [0.1, 0.15) is 5.75 Å². The van der Waals surface area contributed by atoms with Crippen molar-refractivity contribution in [3.63, 3.8) is 0 Å². The van der Waals surface area contributed by atoms with Gasteiger partial charge in [-0.15, -0.1) is 0 Å². The lowest BCUT2D eigenvalue weighted by molar-refractivity contribution is -0.153. The van der Waals surface area contributed by atoms with E-state index in [1.54, 1.807) is 24.3 Å². The second kappa shape index (κ2) is 8.78. The van der Waals surface area contributed by atoms with Gasteiger partial charge in [0.25, 0.3) is 5.91 Å². The number of hydrogen-bond acceptors (Lipinski definition) is 5. The highest BCUT2D eigenvalue weighted by atomic mass is 79.9. The first kappa shape index (κ1) is 21.1. The number of nitrogens with zero attached hydrogens (tertiary/aromatic N) is 1. The van der Waals surface area contributed by atoms with Gasteiger partial charge in [-0.05, 0) is 36.4 Å². The van der Waals surface area contributed by atoms with Gasteiger partial charge in [-0.25, -0.2) is 4.98 Å². The second-order valence-corrected chi connectivity index (χ2v) is 7.74. The third kappa shape index (κ3) is 6.16. The van der Waals surface area contributed by atoms with E-state index in [0.29, 0.717) is 15.8 Å². The summed E-state index contributed by atoms with van der Waals surface area (Å²) in [5.74, 6) is -0.837. The quantitative estimate of drug-likeness (QED) is 0.540. The van der Waals surface area contributed by atoms with Crippen LogP contribution in [0.3, 0.4) is 0 Å². The fraction of sp³-hybridized carbons (Fsp3) is 0.167. The lowest BCUT2D eigenvalue weighted by Gasteiger charge is -2.08. The average molecular weight is 488 g/mol. The maximum Gasteiger partial charge on any atom is 0.422 e. The van der Waals surface area contributed by atoms with Crippen LogP contribution in [0.5, 0.6) is 5.75 Å². The predicted molar refractivity (Wildman–Crippen MR) is 106 cm³/mol. The number of carbonyl (C=O) groups is 2. The van der Waals surface area contributed by atoms with Crippen molar-refractivity contribution in [3.8, 4) is 5.75 Å². The molecule has 0 spiro atoms. The van der Waals surface area contributed by atoms with E-state index in [9.17, 15) is 22.8 Å². The lowest BCUT2D eigenvalue weighted by Crippen LogP contribution is -2.32. The van der Waals surface area contributed by atoms with Crippen LogP contribution >= 0.6 is 27.3 Å². The van der Waals surface area contributed by atoms with Crippen LogP contribution in [0, 0.1) is 0 Å². The smallest absolute Gasteiger partial charge is 0.422 e. The van der Waals surface area contributed by atoms with Gasteiger partial charge in [0, 0.05) is 10.0 Å². The third-order valence-corrected chi connectivity index (χ3v) is 4.93. The van der Waals surface area contributed by atoms with Gasteiger partial charge in [0.15, 0.2) is 11.7 Å². The van der Waals surface area contributed by atoms with Gasteiger partial charge >= 0.3 is 6.18 Å². The maximum absolute atomic E-state index is 12.2. The van der Waals surface area contributed by atoms with E-state index in [0.717, 1.165) is 15.8 Å². The molecule has 0 atom stereocenters. The summed E-state index contributed by atoms with van der Waals surface area (Å²) in [4.78, 5) is 28.3. The first-order valence-electron chi connectivity index (χ1n) is 8.13. The highest BCUT2D eigenvalue weighted by Crippen LogP contribution is 2.30. The molecule has 11 heteroatoms. The Hall–Kier alpha value is -2.66. The molecule has 29 heavy (non-hydrogen) atoms. The van der Waals surface area contributed by atoms with Crippen LogP contribution in [0.4, 0.5) is 18.3 Å². The Morgan fingerprint density at radius 2 is 1.97 bits per heavy atom. The minimum absolute atomic E-state index is 0.0534. The molecular formula is C18H13BrF3N3O3S. The summed E-state index contributed by atoms with van der Waals surface area (Å²) >= 11 is 4.35. The number of halogens is 4. The highest BCUT2D eigenvalue weighted by Gasteiger charge is 2.28. The molecule has 0 unspecified atom stereocenters. The van der Waals surface area contributed by atoms with Crippen molar-refractivity contribution >= 4 is 54.4 Å². The number of ether oxygens (including phenoxy) is 1. The molecule has 2 amide bonds. The van der Waals surface area contributed by atoms with Crippen LogP contribution in [-0.4, -0.2) is 36.1 Å². The molecule has 2 N–H and O–H groups in total. The zero-order chi connectivity index (χ0) is 21.0. The molecular weight excluding hydrogens is 475 g/mol. The summed E-state index contributed by atoms with van der Waals surface area (Å²) in [6, 6.07) is 11.0. The molecule has 6 nitrogen and oxygen atoms in total. The third-order valence-electron chi connectivity index (χ3n) is 3.51. The predicted octanol–water partition coefficient (Wildman–Crippen LogP) is 4.37. The number of hydrogen-bond donors (Lipinski definition) is 2. The SMILES string of the molecule is O=C(CNC(=O)c1cccc(Br)c1)Nc1nc2ccc(OCC(F)(F)F)cc2s1. The van der Waals surface area contributed by atoms with Crippen molar-refractivity contribution in [1.29, 1.82) is 0 Å². The molecule has 0 saturated carbocycles. The summed E-state index contributed by atoms with van der Waals surface area (Å²) < 4.78 is 42.7. The number of nitrogens with one attached hydrogen (secondary N) is 2. The summed E-state index contributed by atoms with van der Waals surface area (Å²) in [5, 5.41) is 5.31. The van der Waals surface area contributed by atoms with Gasteiger partial charge in [-0.3, -0.25) is 9.59 Å². The van der Waals surface area contributed by atoms with E-state index < -0.39 is 24.6 Å². The molecule has 152 valence electrons. The molecule has 3 rings (SSSR count). The molecule has 0 bridgehead atoms. The molecule has 0 aliphatic rings. The molecule has 1 aromatic heterocycles. The van der Waals surface area contributed by atoms with Crippen LogP contribution in [-0.2, 0) is 4.79 Å². The monoisotopic (exact) mass is 487 g/mol. The minimum atomic E-state index is -4.43. The zero-order valence-corrected chi connectivity index (χ0v) is 17.0. The fourth-order valence-electron chi connectivity index (χ4n) is 2.27. The summed E-state index contributed by atoms with van der Waals surface area (Å²) in [6.07, 6.45) is -4.43. The van der Waals surface area contributed by atoms with Crippen molar-refractivity contribution in [2.45, 2.75) is 6.18 Å². The van der Waals surface area contributed by atoms with E-state index in [1.807, 2.05) is 0 Å². The number of anilines is 1. The summed E-state index contributed by atoms with van der Waals surface area (Å²) in [6.45, 7) is -1.65. The number of aromatic nitrogens is 1. The highest BCUT2D eigenvalue weighted by molar-refractivity contribution is 9.10. The molecule has 3 aromatic rings. The molecule has 0 aliphatic carbocycles. The number of carbonyl (C=O) groups excluding carboxylic acids is 2. The van der Waals surface area contributed by atoms with Gasteiger partial charge < -0.3 is 15.4 Å². The van der Waals surface area contributed by atoms with Gasteiger partial charge in [0.2, 0.25) is 5.91 Å². The van der Waals surface area contributed by atoms with Crippen molar-refractivity contribution < 1.29 is 27.5 Å². The largest absolute Gasteiger partial charge is 0.484 e. The second-order valence-electron chi connectivity index (χ2n) is 5.79. The number of alkyl halides is 3. The van der Waals surface area contributed by atoms with E-state index in [2.05, 4.69) is 31.5 Å². The van der Waals surface area contributed by atoms with Gasteiger partial charge in [-0.1, -0.05) is 33.3 Å². The first-order valence-corrected chi connectivity index (χ1v) is 9.74. The number of fused-ring (bicyclic) bond motifs is 1. The maximum atomic E-state index is 12.2. The van der Waals surface area contributed by atoms with E-state index in [4.69, 9.17) is 4.74 Å². The lowest BCUT2D eigenvalue weighted by atomic mass is 10.2. The Morgan fingerprint density at radius 3 is 2.69 bits per heavy atom. The van der Waals surface area contributed by atoms with Crippen molar-refractivity contribution in [1.82, 2.24) is 10.3 Å². The molecule has 0 fully saturated rings. The normalized spacial score (nSPS) is 11.3. The Morgan fingerprint density at radius 1 is 1.17 bits per heavy atom. The summed E-state index contributed by atoms with van der Waals surface area (Å²) in [5.41, 5.74) is 0.904. The standard InChI is InChI=1S/C18H13BrF3N3O3S/c19-11-3-1-2-10(6-11)16(27)23-8-15(26)25-17-24-13-5-4-12(7-14(13)29-17)28-9-18(20,21)22/h1-7H,8-9H2,(H,23,27)(H,24,25,26). The molecule has 1 heterocycles. The van der Waals surface area contributed by atoms with Crippen molar-refractivity contribution in [2.24, 2.45) is 0 Å². The zero-order valence-electron chi connectivity index (χ0n) is 14.5. The van der Waals surface area contributed by atoms with Gasteiger partial charge in [-0.2, -0.15) is 13.2 Å². The molecule has 0 aliphatic heterocycles. The van der Waals surface area contributed by atoms with Crippen LogP contribution in [0.15, 0.2) is 46.9 Å². The molecule has 0 radical (unpaired) electrons. The fourth-order valence-corrected chi connectivity index (χ4v) is 3.58. The number of amides is 2. The van der Waals surface area contributed by atoms with E-state index >= 15 is 0 Å². The molecule has 0 saturated heterocycles. The van der Waals surface area contributed by atoms with Gasteiger partial charge in [0.05, 0.1) is 16.8 Å². The molecule has 2 aromatic carbocycles. The number of thiazole rings is 1. The number of rotatable bonds is 6. The topological polar surface area (TPSA) is 80.3 Å². The van der Waals surface area contributed by atoms with E-state index in [1.165, 1.54) is 18.2 Å². The van der Waals surface area contributed by atoms with Crippen molar-refractivity contribution in [3.05, 3.63) is 52.5 Å². The van der Waals surface area contributed by atoms with Crippen LogP contribution in [0.25, 0.3) is 10.2 Å². The van der Waals surface area contributed by atoms with Crippen molar-refractivity contribution in [2.75, 3.05) is 18.5 Å². The average Bonchev–Trinajstić information content (AvgIpc) is 3.05.